The van der Waals surface area contributed by atoms with E-state index in [9.17, 15) is 0 Å². The van der Waals surface area contributed by atoms with Crippen molar-refractivity contribution in [3.05, 3.63) is 41.7 Å². The van der Waals surface area contributed by atoms with Crippen LogP contribution >= 0.6 is 0 Å². The van der Waals surface area contributed by atoms with E-state index in [-0.39, 0.29) is 0 Å². The van der Waals surface area contributed by atoms with Crippen LogP contribution < -0.4 is 5.32 Å². The first-order valence-corrected chi connectivity index (χ1v) is 8.02. The molecule has 21 heavy (non-hydrogen) atoms. The van der Waals surface area contributed by atoms with Crippen molar-refractivity contribution >= 4 is 5.82 Å². The van der Waals surface area contributed by atoms with E-state index in [1.54, 1.807) is 0 Å². The van der Waals surface area contributed by atoms with Crippen molar-refractivity contribution in [2.75, 3.05) is 11.9 Å². The Hall–Kier alpha value is -1.90. The average molecular weight is 281 g/mol. The van der Waals surface area contributed by atoms with Crippen LogP contribution in [0.2, 0.25) is 0 Å². The van der Waals surface area contributed by atoms with E-state index in [1.807, 2.05) is 0 Å². The van der Waals surface area contributed by atoms with E-state index in [0.29, 0.717) is 5.92 Å². The van der Waals surface area contributed by atoms with Gasteiger partial charge in [0.1, 0.15) is 11.6 Å². The molecule has 0 atom stereocenters. The Morgan fingerprint density at radius 1 is 1.14 bits per heavy atom. The molecule has 1 aromatic carbocycles. The molecule has 1 saturated carbocycles. The van der Waals surface area contributed by atoms with E-state index in [1.165, 1.54) is 24.0 Å². The van der Waals surface area contributed by atoms with Crippen LogP contribution in [0.3, 0.4) is 0 Å². The lowest BCUT2D eigenvalue weighted by Gasteiger charge is -2.10. The van der Waals surface area contributed by atoms with Crippen molar-refractivity contribution in [2.24, 2.45) is 0 Å². The Morgan fingerprint density at radius 2 is 2.00 bits per heavy atom. The number of nitrogens with one attached hydrogen (secondary N) is 1. The van der Waals surface area contributed by atoms with Crippen LogP contribution in [0.15, 0.2) is 30.3 Å². The largest absolute Gasteiger partial charge is 0.370 e. The Bertz CT molecular complexity index is 618. The van der Waals surface area contributed by atoms with Crippen molar-refractivity contribution in [3.8, 4) is 11.3 Å². The molecule has 3 rings (SSSR count). The molecular weight excluding hydrogens is 258 g/mol. The fraction of sp³-hybridized carbons (Fsp3) is 0.444. The summed E-state index contributed by atoms with van der Waals surface area (Å²) in [5, 5.41) is 3.41. The number of aryl methyl sites for hydroxylation is 1. The van der Waals surface area contributed by atoms with Gasteiger partial charge in [0.15, 0.2) is 0 Å². The van der Waals surface area contributed by atoms with E-state index in [4.69, 9.17) is 4.98 Å². The summed E-state index contributed by atoms with van der Waals surface area (Å²) in [4.78, 5) is 9.48. The summed E-state index contributed by atoms with van der Waals surface area (Å²) in [5.41, 5.74) is 3.58. The fourth-order valence-electron chi connectivity index (χ4n) is 2.43. The van der Waals surface area contributed by atoms with Gasteiger partial charge in [0.2, 0.25) is 0 Å². The third-order valence-corrected chi connectivity index (χ3v) is 3.87. The van der Waals surface area contributed by atoms with Crippen LogP contribution in [-0.2, 0) is 6.42 Å². The third kappa shape index (κ3) is 3.41. The van der Waals surface area contributed by atoms with Crippen molar-refractivity contribution in [2.45, 2.75) is 45.4 Å². The normalized spacial score (nSPS) is 14.2. The molecule has 2 aromatic rings. The summed E-state index contributed by atoms with van der Waals surface area (Å²) in [6.07, 6.45) is 4.61. The van der Waals surface area contributed by atoms with Gasteiger partial charge in [-0.15, -0.1) is 0 Å². The maximum atomic E-state index is 4.80. The lowest BCUT2D eigenvalue weighted by molar-refractivity contribution is 0.911. The molecule has 1 N–H and O–H groups in total. The molecule has 1 heterocycles. The van der Waals surface area contributed by atoms with Crippen LogP contribution in [0.5, 0.6) is 0 Å². The van der Waals surface area contributed by atoms with Gasteiger partial charge in [-0.05, 0) is 37.3 Å². The minimum Gasteiger partial charge on any atom is -0.370 e. The molecule has 0 spiro atoms. The van der Waals surface area contributed by atoms with Gasteiger partial charge in [-0.25, -0.2) is 9.97 Å². The third-order valence-electron chi connectivity index (χ3n) is 3.87. The molecule has 3 heteroatoms. The van der Waals surface area contributed by atoms with Gasteiger partial charge >= 0.3 is 0 Å². The second kappa shape index (κ2) is 6.25. The number of anilines is 1. The van der Waals surface area contributed by atoms with Crippen molar-refractivity contribution < 1.29 is 0 Å². The van der Waals surface area contributed by atoms with Crippen LogP contribution in [0.4, 0.5) is 5.82 Å². The first-order valence-electron chi connectivity index (χ1n) is 8.02. The summed E-state index contributed by atoms with van der Waals surface area (Å²) in [6.45, 7) is 5.31. The Morgan fingerprint density at radius 3 is 2.71 bits per heavy atom. The molecule has 110 valence electrons. The van der Waals surface area contributed by atoms with Gasteiger partial charge in [0.05, 0.1) is 5.69 Å². The summed E-state index contributed by atoms with van der Waals surface area (Å²) in [7, 11) is 0. The number of benzene rings is 1. The zero-order chi connectivity index (χ0) is 14.7. The Labute approximate surface area is 126 Å². The Kier molecular flexibility index (Phi) is 4.18. The van der Waals surface area contributed by atoms with Gasteiger partial charge in [-0.2, -0.15) is 0 Å². The molecule has 0 bridgehead atoms. The summed E-state index contributed by atoms with van der Waals surface area (Å²) in [5.74, 6) is 2.54. The molecule has 0 saturated heterocycles. The van der Waals surface area contributed by atoms with Crippen LogP contribution in [0.1, 0.15) is 50.4 Å². The van der Waals surface area contributed by atoms with E-state index in [0.717, 1.165) is 36.7 Å². The molecule has 0 unspecified atom stereocenters. The second-order valence-corrected chi connectivity index (χ2v) is 5.75. The SMILES string of the molecule is CCCNc1cc(-c2cccc(CC)c2)nc(C2CC2)n1. The highest BCUT2D eigenvalue weighted by molar-refractivity contribution is 5.63. The predicted octanol–water partition coefficient (Wildman–Crippen LogP) is 4.41. The average Bonchev–Trinajstić information content (AvgIpc) is 3.37. The lowest BCUT2D eigenvalue weighted by Crippen LogP contribution is -2.05. The maximum absolute atomic E-state index is 4.80. The van der Waals surface area contributed by atoms with Gasteiger partial charge in [0, 0.05) is 24.1 Å². The number of hydrogen-bond donors (Lipinski definition) is 1. The van der Waals surface area contributed by atoms with Crippen LogP contribution in [0, 0.1) is 0 Å². The summed E-state index contributed by atoms with van der Waals surface area (Å²) in [6, 6.07) is 10.7. The molecule has 1 aromatic heterocycles. The van der Waals surface area contributed by atoms with Gasteiger partial charge in [0.25, 0.3) is 0 Å². The molecule has 0 amide bonds. The first-order chi connectivity index (χ1) is 10.3. The zero-order valence-corrected chi connectivity index (χ0v) is 12.9. The highest BCUT2D eigenvalue weighted by Crippen LogP contribution is 2.39. The van der Waals surface area contributed by atoms with Crippen LogP contribution in [0.25, 0.3) is 11.3 Å². The standard InChI is InChI=1S/C18H23N3/c1-3-10-19-17-12-16(20-18(21-17)14-8-9-14)15-7-5-6-13(4-2)11-15/h5-7,11-12,14H,3-4,8-10H2,1-2H3,(H,19,20,21). The molecular formula is C18H23N3. The van der Waals surface area contributed by atoms with Gasteiger partial charge < -0.3 is 5.32 Å². The minimum atomic E-state index is 0.571. The molecule has 0 aliphatic heterocycles. The Balaban J connectivity index is 1.97. The molecule has 1 aliphatic rings. The van der Waals surface area contributed by atoms with Gasteiger partial charge in [-0.1, -0.05) is 32.0 Å². The highest BCUT2D eigenvalue weighted by Gasteiger charge is 2.27. The summed E-state index contributed by atoms with van der Waals surface area (Å²) >= 11 is 0. The van der Waals surface area contributed by atoms with Crippen LogP contribution in [-0.4, -0.2) is 16.5 Å². The molecule has 1 fully saturated rings. The number of nitrogens with zero attached hydrogens (tertiary/aromatic N) is 2. The second-order valence-electron chi connectivity index (χ2n) is 5.75. The van der Waals surface area contributed by atoms with E-state index < -0.39 is 0 Å². The topological polar surface area (TPSA) is 37.8 Å². The first kappa shape index (κ1) is 14.1. The van der Waals surface area contributed by atoms with Crippen molar-refractivity contribution in [1.29, 1.82) is 0 Å². The molecule has 3 nitrogen and oxygen atoms in total. The van der Waals surface area contributed by atoms with Gasteiger partial charge in [-0.3, -0.25) is 0 Å². The highest BCUT2D eigenvalue weighted by atomic mass is 15.0. The fourth-order valence-corrected chi connectivity index (χ4v) is 2.43. The monoisotopic (exact) mass is 281 g/mol. The van der Waals surface area contributed by atoms with E-state index in [2.05, 4.69) is 54.5 Å². The summed E-state index contributed by atoms with van der Waals surface area (Å²) < 4.78 is 0. The molecule has 0 radical (unpaired) electrons. The minimum absolute atomic E-state index is 0.571. The number of aromatic nitrogens is 2. The lowest BCUT2D eigenvalue weighted by atomic mass is 10.1. The maximum Gasteiger partial charge on any atom is 0.134 e. The number of rotatable bonds is 6. The predicted molar refractivity (Wildman–Crippen MR) is 87.6 cm³/mol. The quantitative estimate of drug-likeness (QED) is 0.852. The van der Waals surface area contributed by atoms with E-state index >= 15 is 0 Å². The zero-order valence-electron chi connectivity index (χ0n) is 12.9. The van der Waals surface area contributed by atoms with Crippen molar-refractivity contribution in [1.82, 2.24) is 9.97 Å². The number of hydrogen-bond acceptors (Lipinski definition) is 3. The van der Waals surface area contributed by atoms with Crippen molar-refractivity contribution in [3.63, 3.8) is 0 Å². The molecule has 1 aliphatic carbocycles. The smallest absolute Gasteiger partial charge is 0.134 e.